The van der Waals surface area contributed by atoms with Crippen LogP contribution in [-0.4, -0.2) is 28.5 Å². The summed E-state index contributed by atoms with van der Waals surface area (Å²) in [5.41, 5.74) is 6.15. The predicted molar refractivity (Wildman–Crippen MR) is 132 cm³/mol. The largest absolute Gasteiger partial charge is 0.346 e. The topological polar surface area (TPSA) is 58.5 Å². The molecule has 2 aromatic carbocycles. The summed E-state index contributed by atoms with van der Waals surface area (Å²) in [6, 6.07) is 20.2. The summed E-state index contributed by atoms with van der Waals surface area (Å²) in [4.78, 5) is 29.2. The second kappa shape index (κ2) is 6.94. The number of anilines is 1. The second-order valence-corrected chi connectivity index (χ2v) is 9.02. The molecular weight excluding hydrogens is 408 g/mol. The van der Waals surface area contributed by atoms with Crippen molar-refractivity contribution in [3.8, 4) is 11.4 Å². The van der Waals surface area contributed by atoms with Crippen LogP contribution in [0.25, 0.3) is 22.2 Å². The fourth-order valence-electron chi connectivity index (χ4n) is 5.01. The Kier molecular flexibility index (Phi) is 4.11. The molecule has 0 spiro atoms. The molecule has 2 aliphatic rings. The van der Waals surface area contributed by atoms with Gasteiger partial charge in [0.2, 0.25) is 5.78 Å². The predicted octanol–water partition coefficient (Wildman–Crippen LogP) is 5.55. The highest BCUT2D eigenvalue weighted by molar-refractivity contribution is 6.54. The smallest absolute Gasteiger partial charge is 0.214 e. The second-order valence-electron chi connectivity index (χ2n) is 9.02. The van der Waals surface area contributed by atoms with Crippen LogP contribution in [0.3, 0.4) is 0 Å². The van der Waals surface area contributed by atoms with E-state index in [1.54, 1.807) is 24.5 Å². The Morgan fingerprint density at radius 2 is 1.52 bits per heavy atom. The number of pyridine rings is 2. The number of carbonyl (C=O) groups is 1. The Hall–Kier alpha value is -4.12. The van der Waals surface area contributed by atoms with E-state index in [9.17, 15) is 4.79 Å². The zero-order valence-electron chi connectivity index (χ0n) is 18.7. The molecule has 1 aliphatic carbocycles. The van der Waals surface area contributed by atoms with Gasteiger partial charge in [0.05, 0.1) is 11.3 Å². The van der Waals surface area contributed by atoms with Crippen molar-refractivity contribution < 1.29 is 4.79 Å². The van der Waals surface area contributed by atoms with Crippen LogP contribution >= 0.6 is 0 Å². The first-order valence-electron chi connectivity index (χ1n) is 11.0. The SMILES string of the molecule is CN1/C(=C\N=C2C(=O)c3cccnc3-c3ncccc32)C(C)(C)c2cc3ccccc3cc21. The summed E-state index contributed by atoms with van der Waals surface area (Å²) in [6.45, 7) is 4.40. The van der Waals surface area contributed by atoms with Gasteiger partial charge >= 0.3 is 0 Å². The third-order valence-electron chi connectivity index (χ3n) is 6.77. The molecule has 5 nitrogen and oxygen atoms in total. The van der Waals surface area contributed by atoms with E-state index in [0.717, 1.165) is 11.4 Å². The minimum Gasteiger partial charge on any atom is -0.346 e. The number of aliphatic imine (C=N–C) groups is 1. The first kappa shape index (κ1) is 19.6. The molecule has 0 unspecified atom stereocenters. The highest BCUT2D eigenvalue weighted by atomic mass is 16.1. The molecule has 4 aromatic rings. The maximum absolute atomic E-state index is 13.4. The van der Waals surface area contributed by atoms with Gasteiger partial charge in [-0.1, -0.05) is 38.1 Å². The molecular formula is C28H22N4O. The molecule has 0 fully saturated rings. The standard InChI is InChI=1S/C28H22N4O/c1-28(2)21-14-17-8-4-5-9-18(17)15-22(21)32(3)23(28)16-31-26-19-10-6-12-29-24(19)25-20(27(26)33)11-7-13-30-25/h4-16H,1-3H3/b23-16-,31-26?. The number of hydrogen-bond acceptors (Lipinski definition) is 5. The van der Waals surface area contributed by atoms with E-state index in [2.05, 4.69) is 72.2 Å². The summed E-state index contributed by atoms with van der Waals surface area (Å²) in [5, 5.41) is 2.43. The lowest BCUT2D eigenvalue weighted by molar-refractivity contribution is 0.106. The van der Waals surface area contributed by atoms with E-state index in [1.807, 2.05) is 18.3 Å². The van der Waals surface area contributed by atoms with Crippen molar-refractivity contribution in [2.45, 2.75) is 19.3 Å². The Balaban J connectivity index is 1.50. The van der Waals surface area contributed by atoms with E-state index >= 15 is 0 Å². The van der Waals surface area contributed by atoms with Crippen LogP contribution in [0.15, 0.2) is 89.9 Å². The van der Waals surface area contributed by atoms with E-state index in [0.29, 0.717) is 28.2 Å². The summed E-state index contributed by atoms with van der Waals surface area (Å²) >= 11 is 0. The number of hydrogen-bond donors (Lipinski definition) is 0. The van der Waals surface area contributed by atoms with Gasteiger partial charge in [0, 0.05) is 48.0 Å². The number of Topliss-reactive ketones (excluding diaryl/α,β-unsaturated/α-hetero) is 1. The van der Waals surface area contributed by atoms with Crippen molar-refractivity contribution in [1.82, 2.24) is 9.97 Å². The van der Waals surface area contributed by atoms with Gasteiger partial charge in [0.25, 0.3) is 0 Å². The molecule has 1 aliphatic heterocycles. The Morgan fingerprint density at radius 1 is 0.879 bits per heavy atom. The van der Waals surface area contributed by atoms with Gasteiger partial charge in [-0.25, -0.2) is 0 Å². The van der Waals surface area contributed by atoms with E-state index in [-0.39, 0.29) is 11.2 Å². The average Bonchev–Trinajstić information content (AvgIpc) is 3.02. The number of aromatic nitrogens is 2. The fraction of sp³-hybridized carbons (Fsp3) is 0.143. The van der Waals surface area contributed by atoms with E-state index in [4.69, 9.17) is 4.99 Å². The summed E-state index contributed by atoms with van der Waals surface area (Å²) < 4.78 is 0. The summed E-state index contributed by atoms with van der Waals surface area (Å²) in [6.07, 6.45) is 5.25. The first-order valence-corrected chi connectivity index (χ1v) is 11.0. The van der Waals surface area contributed by atoms with Gasteiger partial charge in [0.1, 0.15) is 11.4 Å². The van der Waals surface area contributed by atoms with Gasteiger partial charge < -0.3 is 4.90 Å². The lowest BCUT2D eigenvalue weighted by Crippen LogP contribution is -2.25. The number of rotatable bonds is 1. The molecule has 0 N–H and O–H groups in total. The normalized spacial score (nSPS) is 18.5. The maximum atomic E-state index is 13.4. The Bertz CT molecular complexity index is 1530. The monoisotopic (exact) mass is 430 g/mol. The molecule has 160 valence electrons. The van der Waals surface area contributed by atoms with Crippen LogP contribution in [-0.2, 0) is 5.41 Å². The van der Waals surface area contributed by atoms with Crippen LogP contribution in [0.4, 0.5) is 5.69 Å². The summed E-state index contributed by atoms with van der Waals surface area (Å²) in [5.74, 6) is -0.128. The van der Waals surface area contributed by atoms with Crippen LogP contribution in [0, 0.1) is 0 Å². The van der Waals surface area contributed by atoms with Crippen LogP contribution < -0.4 is 4.90 Å². The van der Waals surface area contributed by atoms with Gasteiger partial charge in [-0.3, -0.25) is 19.8 Å². The zero-order chi connectivity index (χ0) is 22.7. The highest BCUT2D eigenvalue weighted by Crippen LogP contribution is 2.48. The lowest BCUT2D eigenvalue weighted by atomic mass is 9.83. The molecule has 0 saturated carbocycles. The fourth-order valence-corrected chi connectivity index (χ4v) is 5.01. The molecule has 0 radical (unpaired) electrons. The van der Waals surface area contributed by atoms with Crippen molar-refractivity contribution in [3.05, 3.63) is 102 Å². The van der Waals surface area contributed by atoms with E-state index < -0.39 is 0 Å². The Labute approximate surface area is 192 Å². The summed E-state index contributed by atoms with van der Waals surface area (Å²) in [7, 11) is 2.06. The third kappa shape index (κ3) is 2.79. The molecule has 0 atom stereocenters. The molecule has 33 heavy (non-hydrogen) atoms. The average molecular weight is 431 g/mol. The molecule has 0 amide bonds. The Morgan fingerprint density at radius 3 is 2.24 bits per heavy atom. The zero-order valence-corrected chi connectivity index (χ0v) is 18.7. The third-order valence-corrected chi connectivity index (χ3v) is 6.77. The quantitative estimate of drug-likeness (QED) is 0.397. The molecule has 6 rings (SSSR count). The van der Waals surface area contributed by atoms with E-state index in [1.165, 1.54) is 16.3 Å². The minimum atomic E-state index is -0.257. The number of benzene rings is 2. The van der Waals surface area contributed by atoms with Crippen LogP contribution in [0.1, 0.15) is 35.3 Å². The number of likely N-dealkylation sites (N-methyl/N-ethyl adjacent to an activating group) is 1. The van der Waals surface area contributed by atoms with Crippen LogP contribution in [0.5, 0.6) is 0 Å². The van der Waals surface area contributed by atoms with Crippen molar-refractivity contribution in [1.29, 1.82) is 0 Å². The van der Waals surface area contributed by atoms with Gasteiger partial charge in [-0.05, 0) is 52.7 Å². The molecule has 2 aromatic heterocycles. The molecule has 3 heterocycles. The first-order chi connectivity index (χ1) is 16.0. The van der Waals surface area contributed by atoms with Crippen molar-refractivity contribution in [2.24, 2.45) is 4.99 Å². The van der Waals surface area contributed by atoms with Crippen molar-refractivity contribution in [2.75, 3.05) is 11.9 Å². The van der Waals surface area contributed by atoms with Crippen molar-refractivity contribution >= 4 is 28.0 Å². The number of carbonyl (C=O) groups excluding carboxylic acids is 1. The van der Waals surface area contributed by atoms with Crippen molar-refractivity contribution in [3.63, 3.8) is 0 Å². The maximum Gasteiger partial charge on any atom is 0.214 e. The lowest BCUT2D eigenvalue weighted by Gasteiger charge is -2.23. The van der Waals surface area contributed by atoms with Gasteiger partial charge in [-0.15, -0.1) is 0 Å². The molecule has 5 heteroatoms. The van der Waals surface area contributed by atoms with Gasteiger partial charge in [0.15, 0.2) is 0 Å². The number of ketones is 1. The molecule has 0 saturated heterocycles. The highest BCUT2D eigenvalue weighted by Gasteiger charge is 2.39. The number of allylic oxidation sites excluding steroid dienone is 1. The number of nitrogens with zero attached hydrogens (tertiary/aromatic N) is 4. The van der Waals surface area contributed by atoms with Crippen LogP contribution in [0.2, 0.25) is 0 Å². The molecule has 0 bridgehead atoms. The minimum absolute atomic E-state index is 0.128. The number of fused-ring (bicyclic) bond motifs is 5. The van der Waals surface area contributed by atoms with Gasteiger partial charge in [-0.2, -0.15) is 0 Å².